The molecule has 4 nitrogen and oxygen atoms in total. The molecule has 0 fully saturated rings. The van der Waals surface area contributed by atoms with Crippen LogP contribution in [-0.2, 0) is 11.4 Å². The Kier molecular flexibility index (Phi) is 3.98. The fourth-order valence-electron chi connectivity index (χ4n) is 1.39. The zero-order valence-corrected chi connectivity index (χ0v) is 10.6. The molecule has 0 aliphatic carbocycles. The van der Waals surface area contributed by atoms with Gasteiger partial charge in [0.05, 0.1) is 4.47 Å². The number of hydrogen-bond acceptors (Lipinski definition) is 4. The van der Waals surface area contributed by atoms with E-state index in [4.69, 9.17) is 9.47 Å². The Labute approximate surface area is 109 Å². The summed E-state index contributed by atoms with van der Waals surface area (Å²) in [5, 5.41) is 0. The van der Waals surface area contributed by atoms with Gasteiger partial charge in [-0.15, -0.1) is 0 Å². The van der Waals surface area contributed by atoms with Crippen molar-refractivity contribution in [1.29, 1.82) is 0 Å². The molecule has 0 unspecified atom stereocenters. The Morgan fingerprint density at radius 2 is 2.11 bits per heavy atom. The molecule has 1 aliphatic rings. The second-order valence-corrected chi connectivity index (χ2v) is 4.39. The number of hydrogen-bond donors (Lipinski definition) is 1. The first-order valence-corrected chi connectivity index (χ1v) is 5.74. The SMILES string of the molecule is FC(F)(F)CONCc1cc(Br)c2c(c1)OCO2. The lowest BCUT2D eigenvalue weighted by Crippen LogP contribution is -2.24. The number of ether oxygens (including phenoxy) is 2. The number of alkyl halides is 3. The van der Waals surface area contributed by atoms with E-state index in [1.165, 1.54) is 0 Å². The third-order valence-corrected chi connectivity index (χ3v) is 2.69. The maximum Gasteiger partial charge on any atom is 0.413 e. The summed E-state index contributed by atoms with van der Waals surface area (Å²) in [6, 6.07) is 3.40. The smallest absolute Gasteiger partial charge is 0.413 e. The predicted molar refractivity (Wildman–Crippen MR) is 59.1 cm³/mol. The highest BCUT2D eigenvalue weighted by Crippen LogP contribution is 2.39. The number of rotatable bonds is 4. The van der Waals surface area contributed by atoms with E-state index in [9.17, 15) is 13.2 Å². The van der Waals surface area contributed by atoms with Crippen LogP contribution in [0, 0.1) is 0 Å². The third kappa shape index (κ3) is 3.50. The van der Waals surface area contributed by atoms with Crippen LogP contribution in [-0.4, -0.2) is 19.6 Å². The topological polar surface area (TPSA) is 39.7 Å². The van der Waals surface area contributed by atoms with Gasteiger partial charge in [-0.1, -0.05) is 0 Å². The van der Waals surface area contributed by atoms with E-state index >= 15 is 0 Å². The molecule has 0 bridgehead atoms. The van der Waals surface area contributed by atoms with E-state index in [1.54, 1.807) is 12.1 Å². The molecule has 1 N–H and O–H groups in total. The largest absolute Gasteiger partial charge is 0.454 e. The Balaban J connectivity index is 1.89. The molecule has 100 valence electrons. The Morgan fingerprint density at radius 1 is 1.33 bits per heavy atom. The summed E-state index contributed by atoms with van der Waals surface area (Å²) in [5.41, 5.74) is 2.96. The van der Waals surface area contributed by atoms with Crippen molar-refractivity contribution >= 4 is 15.9 Å². The number of nitrogens with one attached hydrogen (secondary N) is 1. The van der Waals surface area contributed by atoms with E-state index in [2.05, 4.69) is 26.2 Å². The van der Waals surface area contributed by atoms with Crippen molar-refractivity contribution in [1.82, 2.24) is 5.48 Å². The van der Waals surface area contributed by atoms with Crippen LogP contribution in [0.25, 0.3) is 0 Å². The number of halogens is 4. The quantitative estimate of drug-likeness (QED) is 0.682. The molecule has 1 aliphatic heterocycles. The highest BCUT2D eigenvalue weighted by molar-refractivity contribution is 9.10. The summed E-state index contributed by atoms with van der Waals surface area (Å²) >= 11 is 3.29. The van der Waals surface area contributed by atoms with Crippen molar-refractivity contribution < 1.29 is 27.5 Å². The van der Waals surface area contributed by atoms with Crippen molar-refractivity contribution in [2.45, 2.75) is 12.7 Å². The molecular formula is C10H9BrF3NO3. The Hall–Kier alpha value is -0.990. The number of fused-ring (bicyclic) bond motifs is 1. The number of benzene rings is 1. The van der Waals surface area contributed by atoms with Crippen LogP contribution in [0.3, 0.4) is 0 Å². The van der Waals surface area contributed by atoms with E-state index in [-0.39, 0.29) is 13.3 Å². The molecule has 0 amide bonds. The van der Waals surface area contributed by atoms with Gasteiger partial charge in [0, 0.05) is 6.54 Å². The van der Waals surface area contributed by atoms with Crippen molar-refractivity contribution in [3.63, 3.8) is 0 Å². The van der Waals surface area contributed by atoms with Crippen LogP contribution < -0.4 is 15.0 Å². The maximum absolute atomic E-state index is 11.8. The van der Waals surface area contributed by atoms with Gasteiger partial charge in [-0.2, -0.15) is 18.7 Å². The van der Waals surface area contributed by atoms with Gasteiger partial charge >= 0.3 is 6.18 Å². The highest BCUT2D eigenvalue weighted by atomic mass is 79.9. The van der Waals surface area contributed by atoms with Crippen LogP contribution in [0.2, 0.25) is 0 Å². The van der Waals surface area contributed by atoms with Crippen LogP contribution in [0.1, 0.15) is 5.56 Å². The van der Waals surface area contributed by atoms with E-state index in [0.29, 0.717) is 21.5 Å². The van der Waals surface area contributed by atoms with Crippen LogP contribution >= 0.6 is 15.9 Å². The molecule has 2 rings (SSSR count). The van der Waals surface area contributed by atoms with Gasteiger partial charge in [0.1, 0.15) is 0 Å². The first-order valence-electron chi connectivity index (χ1n) is 4.95. The summed E-state index contributed by atoms with van der Waals surface area (Å²) < 4.78 is 46.5. The maximum atomic E-state index is 11.8. The van der Waals surface area contributed by atoms with Gasteiger partial charge in [0.15, 0.2) is 18.1 Å². The van der Waals surface area contributed by atoms with E-state index in [1.807, 2.05) is 0 Å². The van der Waals surface area contributed by atoms with Crippen molar-refractivity contribution in [2.75, 3.05) is 13.4 Å². The second-order valence-electron chi connectivity index (χ2n) is 3.54. The van der Waals surface area contributed by atoms with Crippen LogP contribution in [0.5, 0.6) is 11.5 Å². The zero-order valence-electron chi connectivity index (χ0n) is 9.01. The Morgan fingerprint density at radius 3 is 2.83 bits per heavy atom. The van der Waals surface area contributed by atoms with Gasteiger partial charge in [0.2, 0.25) is 6.79 Å². The predicted octanol–water partition coefficient (Wildman–Crippen LogP) is 2.76. The summed E-state index contributed by atoms with van der Waals surface area (Å²) in [6.07, 6.45) is -4.34. The van der Waals surface area contributed by atoms with Crippen molar-refractivity contribution in [3.05, 3.63) is 22.2 Å². The monoisotopic (exact) mass is 327 g/mol. The fourth-order valence-corrected chi connectivity index (χ4v) is 1.99. The molecule has 8 heteroatoms. The lowest BCUT2D eigenvalue weighted by atomic mass is 10.2. The molecule has 0 aromatic heterocycles. The molecular weight excluding hydrogens is 319 g/mol. The fraction of sp³-hybridized carbons (Fsp3) is 0.400. The van der Waals surface area contributed by atoms with Gasteiger partial charge in [-0.3, -0.25) is 4.84 Å². The molecule has 0 saturated carbocycles. The molecule has 0 spiro atoms. The van der Waals surface area contributed by atoms with Crippen molar-refractivity contribution in [3.8, 4) is 11.5 Å². The zero-order chi connectivity index (χ0) is 13.2. The van der Waals surface area contributed by atoms with Gasteiger partial charge in [-0.25, -0.2) is 0 Å². The summed E-state index contributed by atoms with van der Waals surface area (Å²) in [6.45, 7) is -1.07. The lowest BCUT2D eigenvalue weighted by Gasteiger charge is -2.09. The van der Waals surface area contributed by atoms with E-state index < -0.39 is 12.8 Å². The van der Waals surface area contributed by atoms with Crippen molar-refractivity contribution in [2.24, 2.45) is 0 Å². The third-order valence-electron chi connectivity index (χ3n) is 2.10. The lowest BCUT2D eigenvalue weighted by molar-refractivity contribution is -0.190. The summed E-state index contributed by atoms with van der Waals surface area (Å²) in [5.74, 6) is 1.15. The Bertz CT molecular complexity index is 439. The van der Waals surface area contributed by atoms with Gasteiger partial charge < -0.3 is 9.47 Å². The average Bonchev–Trinajstić information content (AvgIpc) is 2.71. The van der Waals surface area contributed by atoms with Crippen LogP contribution in [0.4, 0.5) is 13.2 Å². The van der Waals surface area contributed by atoms with Crippen LogP contribution in [0.15, 0.2) is 16.6 Å². The minimum Gasteiger partial charge on any atom is -0.454 e. The molecule has 1 aromatic carbocycles. The number of hydroxylamine groups is 1. The van der Waals surface area contributed by atoms with E-state index in [0.717, 1.165) is 0 Å². The first kappa shape index (κ1) is 13.4. The molecule has 0 saturated heterocycles. The minimum absolute atomic E-state index is 0.130. The van der Waals surface area contributed by atoms with Gasteiger partial charge in [0.25, 0.3) is 0 Å². The highest BCUT2D eigenvalue weighted by Gasteiger charge is 2.27. The first-order chi connectivity index (χ1) is 8.46. The standard InChI is InChI=1S/C10H9BrF3NO3/c11-7-1-6(2-8-9(7)17-5-16-8)3-15-18-4-10(12,13)14/h1-2,15H,3-5H2. The normalized spacial score (nSPS) is 14.0. The molecule has 0 radical (unpaired) electrons. The summed E-state index contributed by atoms with van der Waals surface area (Å²) in [7, 11) is 0. The minimum atomic E-state index is -4.34. The molecule has 1 aromatic rings. The molecule has 1 heterocycles. The molecule has 0 atom stereocenters. The summed E-state index contributed by atoms with van der Waals surface area (Å²) in [4.78, 5) is 4.30. The average molecular weight is 328 g/mol. The van der Waals surface area contributed by atoms with Gasteiger partial charge in [-0.05, 0) is 33.6 Å². The second kappa shape index (κ2) is 5.33. The molecule has 18 heavy (non-hydrogen) atoms.